The van der Waals surface area contributed by atoms with Crippen molar-refractivity contribution < 1.29 is 14.9 Å². The second kappa shape index (κ2) is 4.49. The van der Waals surface area contributed by atoms with E-state index in [9.17, 15) is 15.0 Å². The fraction of sp³-hybridized carbons (Fsp3) is 0.105. The molecule has 4 nitrogen and oxygen atoms in total. The molecule has 0 unspecified atom stereocenters. The van der Waals surface area contributed by atoms with Crippen molar-refractivity contribution in [3.63, 3.8) is 0 Å². The Hall–Kier alpha value is -3.01. The fourth-order valence-corrected chi connectivity index (χ4v) is 3.31. The molecule has 0 aliphatic heterocycles. The molecule has 23 heavy (non-hydrogen) atoms. The van der Waals surface area contributed by atoms with E-state index < -0.39 is 0 Å². The van der Waals surface area contributed by atoms with Crippen LogP contribution >= 0.6 is 0 Å². The first-order chi connectivity index (χ1) is 11.0. The Labute approximate surface area is 131 Å². The molecule has 114 valence electrons. The minimum absolute atomic E-state index is 0.0221. The first kappa shape index (κ1) is 13.6. The Kier molecular flexibility index (Phi) is 2.66. The predicted molar refractivity (Wildman–Crippen MR) is 90.7 cm³/mol. The van der Waals surface area contributed by atoms with Crippen molar-refractivity contribution in [1.29, 1.82) is 0 Å². The van der Waals surface area contributed by atoms with Gasteiger partial charge in [0.25, 0.3) is 0 Å². The maximum absolute atomic E-state index is 12.7. The van der Waals surface area contributed by atoms with Gasteiger partial charge in [-0.2, -0.15) is 0 Å². The molecule has 0 radical (unpaired) electrons. The molecule has 0 spiro atoms. The van der Waals surface area contributed by atoms with Crippen LogP contribution in [0.15, 0.2) is 41.2 Å². The van der Waals surface area contributed by atoms with Crippen molar-refractivity contribution in [3.05, 3.63) is 51.8 Å². The number of aromatic hydroxyl groups is 1. The molecule has 0 saturated carbocycles. The summed E-state index contributed by atoms with van der Waals surface area (Å²) in [6, 6.07) is 10.4. The normalized spacial score (nSPS) is 13.1. The number of fused-ring (bicyclic) bond motifs is 3. The van der Waals surface area contributed by atoms with E-state index in [4.69, 9.17) is 4.74 Å². The van der Waals surface area contributed by atoms with Gasteiger partial charge in [0.15, 0.2) is 5.43 Å². The van der Waals surface area contributed by atoms with E-state index in [1.807, 2.05) is 12.1 Å². The van der Waals surface area contributed by atoms with E-state index in [0.717, 1.165) is 27.3 Å². The van der Waals surface area contributed by atoms with Crippen molar-refractivity contribution in [1.82, 2.24) is 0 Å². The van der Waals surface area contributed by atoms with Crippen LogP contribution in [0.5, 0.6) is 11.5 Å². The van der Waals surface area contributed by atoms with Crippen LogP contribution in [-0.2, 0) is 0 Å². The molecule has 0 saturated heterocycles. The quantitative estimate of drug-likeness (QED) is 0.567. The molecule has 0 fully saturated rings. The zero-order valence-corrected chi connectivity index (χ0v) is 12.7. The molecule has 0 amide bonds. The van der Waals surface area contributed by atoms with Crippen molar-refractivity contribution in [2.45, 2.75) is 6.92 Å². The summed E-state index contributed by atoms with van der Waals surface area (Å²) in [6.07, 6.45) is 0. The van der Waals surface area contributed by atoms with Gasteiger partial charge in [0.1, 0.15) is 17.3 Å². The molecule has 0 atom stereocenters. The monoisotopic (exact) mass is 306 g/mol. The van der Waals surface area contributed by atoms with E-state index in [1.165, 1.54) is 6.92 Å². The van der Waals surface area contributed by atoms with Gasteiger partial charge in [-0.25, -0.2) is 0 Å². The minimum Gasteiger partial charge on any atom is -0.512 e. The number of phenols is 1. The van der Waals surface area contributed by atoms with Gasteiger partial charge in [0.05, 0.1) is 12.3 Å². The van der Waals surface area contributed by atoms with E-state index in [1.54, 1.807) is 31.4 Å². The summed E-state index contributed by atoms with van der Waals surface area (Å²) >= 11 is 0. The van der Waals surface area contributed by atoms with E-state index in [0.29, 0.717) is 11.1 Å². The Morgan fingerprint density at radius 1 is 1.00 bits per heavy atom. The van der Waals surface area contributed by atoms with Crippen LogP contribution in [0.25, 0.3) is 38.4 Å². The maximum Gasteiger partial charge on any atom is 0.197 e. The summed E-state index contributed by atoms with van der Waals surface area (Å²) < 4.78 is 5.32. The molecule has 4 heteroatoms. The number of rotatable bonds is 1. The highest BCUT2D eigenvalue weighted by Gasteiger charge is 2.21. The number of aliphatic hydroxyl groups excluding tert-OH is 1. The number of methoxy groups -OCH3 is 1. The summed E-state index contributed by atoms with van der Waals surface area (Å²) in [5, 5.41) is 23.2. The summed E-state index contributed by atoms with van der Waals surface area (Å²) in [7, 11) is 1.55. The summed E-state index contributed by atoms with van der Waals surface area (Å²) in [4.78, 5) is 12.7. The Balaban J connectivity index is 2.41. The molecule has 0 bridgehead atoms. The number of ether oxygens (including phenoxy) is 1. The van der Waals surface area contributed by atoms with Crippen LogP contribution < -0.4 is 15.4 Å². The minimum atomic E-state index is -0.221. The van der Waals surface area contributed by atoms with Crippen molar-refractivity contribution in [3.8, 4) is 22.6 Å². The number of hydrogen-bond acceptors (Lipinski definition) is 4. The zero-order valence-electron chi connectivity index (χ0n) is 12.7. The summed E-state index contributed by atoms with van der Waals surface area (Å²) in [5.74, 6) is 0.726. The molecule has 4 rings (SSSR count). The first-order valence-electron chi connectivity index (χ1n) is 7.23. The van der Waals surface area contributed by atoms with Gasteiger partial charge >= 0.3 is 0 Å². The molecule has 0 heterocycles. The summed E-state index contributed by atoms with van der Waals surface area (Å²) in [5.41, 5.74) is 1.45. The lowest BCUT2D eigenvalue weighted by Crippen LogP contribution is -2.27. The summed E-state index contributed by atoms with van der Waals surface area (Å²) in [6.45, 7) is 1.49. The van der Waals surface area contributed by atoms with Gasteiger partial charge < -0.3 is 14.9 Å². The van der Waals surface area contributed by atoms with E-state index in [-0.39, 0.29) is 22.2 Å². The van der Waals surface area contributed by atoms with E-state index >= 15 is 0 Å². The molecule has 2 aromatic rings. The van der Waals surface area contributed by atoms with Gasteiger partial charge in [-0.3, -0.25) is 4.79 Å². The third-order valence-electron chi connectivity index (χ3n) is 4.37. The van der Waals surface area contributed by atoms with Crippen molar-refractivity contribution in [2.75, 3.05) is 7.11 Å². The Bertz CT molecular complexity index is 1140. The zero-order chi connectivity index (χ0) is 16.3. The first-order valence-corrected chi connectivity index (χ1v) is 7.23. The molecular formula is C19H14O4. The largest absolute Gasteiger partial charge is 0.512 e. The van der Waals surface area contributed by atoms with Crippen molar-refractivity contribution in [2.24, 2.45) is 0 Å². The topological polar surface area (TPSA) is 66.8 Å². The lowest BCUT2D eigenvalue weighted by atomic mass is 9.97. The smallest absolute Gasteiger partial charge is 0.197 e. The molecule has 0 aromatic heterocycles. The third kappa shape index (κ3) is 1.75. The van der Waals surface area contributed by atoms with Gasteiger partial charge in [-0.1, -0.05) is 6.07 Å². The van der Waals surface area contributed by atoms with Crippen molar-refractivity contribution >= 4 is 27.3 Å². The van der Waals surface area contributed by atoms with Gasteiger partial charge in [-0.15, -0.1) is 0 Å². The van der Waals surface area contributed by atoms with Crippen LogP contribution in [0.4, 0.5) is 0 Å². The van der Waals surface area contributed by atoms with Gasteiger partial charge in [0.2, 0.25) is 0 Å². The molecular weight excluding hydrogens is 292 g/mol. The number of hydrogen-bond donors (Lipinski definition) is 2. The van der Waals surface area contributed by atoms with Crippen LogP contribution in [0.2, 0.25) is 0 Å². The molecule has 2 aromatic carbocycles. The highest BCUT2D eigenvalue weighted by Crippen LogP contribution is 2.44. The second-order valence-corrected chi connectivity index (χ2v) is 5.71. The third-order valence-corrected chi connectivity index (χ3v) is 4.37. The van der Waals surface area contributed by atoms with Gasteiger partial charge in [-0.05, 0) is 59.0 Å². The van der Waals surface area contributed by atoms with Crippen LogP contribution in [0.3, 0.4) is 0 Å². The van der Waals surface area contributed by atoms with E-state index in [2.05, 4.69) is 0 Å². The SMILES string of the molecule is COc1cc2c3c(c1)c1ccc(O)cc1c-3c/c(=C(\C)O)c2=O. The lowest BCUT2D eigenvalue weighted by Gasteiger charge is -2.08. The Morgan fingerprint density at radius 2 is 1.74 bits per heavy atom. The maximum atomic E-state index is 12.7. The number of aliphatic hydroxyl groups is 1. The molecule has 2 aliphatic carbocycles. The number of phenolic OH excluding ortho intramolecular Hbond substituents is 1. The lowest BCUT2D eigenvalue weighted by molar-refractivity contribution is 0.416. The average Bonchev–Trinajstić information content (AvgIpc) is 2.83. The van der Waals surface area contributed by atoms with Crippen LogP contribution in [0, 0.1) is 0 Å². The second-order valence-electron chi connectivity index (χ2n) is 5.71. The highest BCUT2D eigenvalue weighted by molar-refractivity contribution is 6.22. The average molecular weight is 306 g/mol. The number of benzene rings is 3. The Morgan fingerprint density at radius 3 is 2.43 bits per heavy atom. The van der Waals surface area contributed by atoms with Crippen LogP contribution in [-0.4, -0.2) is 17.3 Å². The van der Waals surface area contributed by atoms with Crippen LogP contribution in [0.1, 0.15) is 6.92 Å². The fourth-order valence-electron chi connectivity index (χ4n) is 3.31. The molecule has 2 N–H and O–H groups in total. The standard InChI is InChI=1S/C19H14O4/c1-9(20)13-8-16-14-5-10(21)3-4-12(14)15-6-11(23-2)7-17(18(15)16)19(13)22/h3-8,20-21H,1-2H3/b13-9-. The van der Waals surface area contributed by atoms with Gasteiger partial charge in [0, 0.05) is 10.9 Å². The molecule has 2 aliphatic rings. The predicted octanol–water partition coefficient (Wildman–Crippen LogP) is 3.02. The highest BCUT2D eigenvalue weighted by atomic mass is 16.5.